The predicted octanol–water partition coefficient (Wildman–Crippen LogP) is 10.4. The zero-order chi connectivity index (χ0) is 26.0. The molecular weight excluding hydrogens is 440 g/mol. The van der Waals surface area contributed by atoms with Crippen molar-refractivity contribution in [3.8, 4) is 0 Å². The van der Waals surface area contributed by atoms with E-state index in [1.165, 1.54) is 70.6 Å². The summed E-state index contributed by atoms with van der Waals surface area (Å²) < 4.78 is 6.84. The van der Waals surface area contributed by atoms with Crippen molar-refractivity contribution in [2.45, 2.75) is 152 Å². The first-order valence-corrected chi connectivity index (χ1v) is 18.9. The van der Waals surface area contributed by atoms with Gasteiger partial charge in [0.05, 0.1) is 6.10 Å². The Kier molecular flexibility index (Phi) is 7.41. The van der Waals surface area contributed by atoms with Crippen LogP contribution in [0.1, 0.15) is 126 Å². The highest BCUT2D eigenvalue weighted by Gasteiger charge is 2.63. The summed E-state index contributed by atoms with van der Waals surface area (Å²) in [7, 11) is -1.54. The fraction of sp³-hybridized carbons (Fsp3) is 0.939. The molecule has 0 N–H and O–H groups in total. The van der Waals surface area contributed by atoms with Gasteiger partial charge in [0.25, 0.3) is 0 Å². The van der Waals surface area contributed by atoms with Crippen molar-refractivity contribution < 1.29 is 4.43 Å². The minimum Gasteiger partial charge on any atom is -0.414 e. The zero-order valence-corrected chi connectivity index (χ0v) is 26.6. The Hall–Kier alpha value is -0.0831. The average Bonchev–Trinajstić information content (AvgIpc) is 3.01. The number of rotatable bonds is 7. The molecule has 4 aliphatic rings. The van der Waals surface area contributed by atoms with Crippen LogP contribution in [0.5, 0.6) is 0 Å². The summed E-state index contributed by atoms with van der Waals surface area (Å²) in [4.78, 5) is 0. The molecule has 2 saturated carbocycles. The molecule has 0 aliphatic heterocycles. The van der Waals surface area contributed by atoms with Gasteiger partial charge in [-0.3, -0.25) is 0 Å². The van der Waals surface area contributed by atoms with Gasteiger partial charge < -0.3 is 4.43 Å². The second-order valence-electron chi connectivity index (χ2n) is 16.2. The summed E-state index contributed by atoms with van der Waals surface area (Å²) in [5, 5.41) is 0. The Bertz CT molecular complexity index is 817. The lowest BCUT2D eigenvalue weighted by Crippen LogP contribution is -2.56. The van der Waals surface area contributed by atoms with Gasteiger partial charge >= 0.3 is 0 Å². The molecule has 35 heavy (non-hydrogen) atoms. The van der Waals surface area contributed by atoms with E-state index >= 15 is 0 Å². The highest BCUT2D eigenvalue weighted by Crippen LogP contribution is 2.72. The van der Waals surface area contributed by atoms with Crippen LogP contribution in [-0.4, -0.2) is 14.4 Å². The molecule has 0 aromatic carbocycles. The van der Waals surface area contributed by atoms with Gasteiger partial charge in [0.2, 0.25) is 0 Å². The molecule has 0 saturated heterocycles. The van der Waals surface area contributed by atoms with Crippen molar-refractivity contribution in [2.24, 2.45) is 45.3 Å². The highest BCUT2D eigenvalue weighted by molar-refractivity contribution is 6.69. The largest absolute Gasteiger partial charge is 0.414 e. The van der Waals surface area contributed by atoms with Gasteiger partial charge in [0.1, 0.15) is 0 Å². The summed E-state index contributed by atoms with van der Waals surface area (Å²) in [6.45, 7) is 27.8. The van der Waals surface area contributed by atoms with Crippen LogP contribution in [0, 0.1) is 45.3 Å². The van der Waals surface area contributed by atoms with Gasteiger partial charge in [-0.05, 0) is 116 Å². The summed E-state index contributed by atoms with van der Waals surface area (Å²) in [5.74, 6) is 3.41. The summed E-state index contributed by atoms with van der Waals surface area (Å²) in [6.07, 6.45) is 15.8. The van der Waals surface area contributed by atoms with E-state index in [2.05, 4.69) is 75.0 Å². The molecule has 0 heterocycles. The SMILES string of the molecule is CC(C)CCC[C@@H](C)[C@H]1CC[C@@]2(C)C3=C(CC[C@]12C)[C@@]1(C)CCC(O[Si](C)(C)C)C(C)(C)[C@@H]1CC3. The molecule has 4 aliphatic carbocycles. The molecule has 0 bridgehead atoms. The topological polar surface area (TPSA) is 9.23 Å². The molecule has 1 unspecified atom stereocenters. The van der Waals surface area contributed by atoms with Gasteiger partial charge in [-0.25, -0.2) is 0 Å². The molecular formula is C33H60OSi. The second-order valence-corrected chi connectivity index (χ2v) is 20.7. The van der Waals surface area contributed by atoms with Crippen LogP contribution in [0.3, 0.4) is 0 Å². The van der Waals surface area contributed by atoms with Crippen molar-refractivity contribution in [3.05, 3.63) is 11.1 Å². The molecule has 2 fully saturated rings. The summed E-state index contributed by atoms with van der Waals surface area (Å²) in [5.41, 5.74) is 5.48. The zero-order valence-electron chi connectivity index (χ0n) is 25.6. The monoisotopic (exact) mass is 500 g/mol. The molecule has 7 atom stereocenters. The third kappa shape index (κ3) is 4.57. The molecule has 0 amide bonds. The highest BCUT2D eigenvalue weighted by atomic mass is 28.4. The van der Waals surface area contributed by atoms with Crippen molar-refractivity contribution in [3.63, 3.8) is 0 Å². The van der Waals surface area contributed by atoms with Crippen LogP contribution in [0.15, 0.2) is 11.1 Å². The Balaban J connectivity index is 1.60. The number of allylic oxidation sites excluding steroid dienone is 2. The predicted molar refractivity (Wildman–Crippen MR) is 155 cm³/mol. The minimum absolute atomic E-state index is 0.274. The van der Waals surface area contributed by atoms with E-state index < -0.39 is 8.32 Å². The third-order valence-corrected chi connectivity index (χ3v) is 13.4. The van der Waals surface area contributed by atoms with Crippen LogP contribution >= 0.6 is 0 Å². The first-order chi connectivity index (χ1) is 16.1. The Morgan fingerprint density at radius 2 is 1.51 bits per heavy atom. The van der Waals surface area contributed by atoms with Crippen molar-refractivity contribution in [2.75, 3.05) is 0 Å². The Morgan fingerprint density at radius 1 is 0.829 bits per heavy atom. The number of hydrogen-bond donors (Lipinski definition) is 0. The maximum Gasteiger partial charge on any atom is 0.184 e. The number of fused-ring (bicyclic) bond motifs is 4. The van der Waals surface area contributed by atoms with E-state index in [4.69, 9.17) is 4.43 Å². The van der Waals surface area contributed by atoms with Gasteiger partial charge in [0, 0.05) is 0 Å². The third-order valence-electron chi connectivity index (χ3n) is 12.4. The molecule has 0 aromatic heterocycles. The van der Waals surface area contributed by atoms with Crippen molar-refractivity contribution in [1.29, 1.82) is 0 Å². The van der Waals surface area contributed by atoms with Crippen LogP contribution < -0.4 is 0 Å². The smallest absolute Gasteiger partial charge is 0.184 e. The first-order valence-electron chi connectivity index (χ1n) is 15.5. The molecule has 0 spiro atoms. The van der Waals surface area contributed by atoms with Crippen LogP contribution in [-0.2, 0) is 4.43 Å². The normalized spacial score (nSPS) is 42.0. The van der Waals surface area contributed by atoms with Crippen LogP contribution in [0.25, 0.3) is 0 Å². The van der Waals surface area contributed by atoms with Gasteiger partial charge in [-0.2, -0.15) is 0 Å². The Labute approximate surface area is 220 Å². The fourth-order valence-electron chi connectivity index (χ4n) is 10.3. The lowest BCUT2D eigenvalue weighted by Gasteiger charge is -2.63. The standard InChI is InChI=1S/C33H60OSi/c1-23(2)13-12-14-24(3)25-17-21-33(8)27-15-16-28-30(4,5)29(34-35(9,10)11)19-20-31(28,6)26(27)18-22-32(25,33)7/h23-25,28-29H,12-22H2,1-11H3/t24-,25-,28+,29?,31-,32-,33+/m1/s1. The average molecular weight is 501 g/mol. The van der Waals surface area contributed by atoms with E-state index in [0.717, 1.165) is 23.7 Å². The maximum absolute atomic E-state index is 6.84. The molecule has 0 radical (unpaired) electrons. The molecule has 202 valence electrons. The molecule has 2 heteroatoms. The van der Waals surface area contributed by atoms with Crippen LogP contribution in [0.4, 0.5) is 0 Å². The van der Waals surface area contributed by atoms with Gasteiger partial charge in [-0.1, -0.05) is 85.8 Å². The lowest BCUT2D eigenvalue weighted by molar-refractivity contribution is -0.0885. The maximum atomic E-state index is 6.84. The van der Waals surface area contributed by atoms with Crippen molar-refractivity contribution in [1.82, 2.24) is 0 Å². The first kappa shape index (κ1) is 27.9. The van der Waals surface area contributed by atoms with E-state index in [9.17, 15) is 0 Å². The Morgan fingerprint density at radius 3 is 2.14 bits per heavy atom. The van der Waals surface area contributed by atoms with Crippen LogP contribution in [0.2, 0.25) is 19.6 Å². The van der Waals surface area contributed by atoms with E-state index in [1.807, 2.05) is 11.1 Å². The fourth-order valence-corrected chi connectivity index (χ4v) is 11.6. The summed E-state index contributed by atoms with van der Waals surface area (Å²) in [6, 6.07) is 0. The quantitative estimate of drug-likeness (QED) is 0.249. The van der Waals surface area contributed by atoms with Gasteiger partial charge in [-0.15, -0.1) is 0 Å². The molecule has 4 rings (SSSR count). The van der Waals surface area contributed by atoms with Crippen molar-refractivity contribution >= 4 is 8.32 Å². The second kappa shape index (κ2) is 9.28. The van der Waals surface area contributed by atoms with Gasteiger partial charge in [0.15, 0.2) is 8.32 Å². The molecule has 1 nitrogen and oxygen atoms in total. The molecule has 0 aromatic rings. The minimum atomic E-state index is -1.54. The van der Waals surface area contributed by atoms with E-state index in [-0.39, 0.29) is 5.41 Å². The summed E-state index contributed by atoms with van der Waals surface area (Å²) >= 11 is 0. The lowest BCUT2D eigenvalue weighted by atomic mass is 9.43. The number of hydrogen-bond acceptors (Lipinski definition) is 1. The van der Waals surface area contributed by atoms with E-state index in [1.54, 1.807) is 0 Å². The van der Waals surface area contributed by atoms with E-state index in [0.29, 0.717) is 22.3 Å².